The highest BCUT2D eigenvalue weighted by atomic mass is 19.1. The Kier molecular flexibility index (Phi) is 3.56. The zero-order valence-electron chi connectivity index (χ0n) is 9.96. The second-order valence-electron chi connectivity index (χ2n) is 4.58. The molecule has 0 radical (unpaired) electrons. The zero-order valence-corrected chi connectivity index (χ0v) is 9.96. The first kappa shape index (κ1) is 11.6. The van der Waals surface area contributed by atoms with Gasteiger partial charge < -0.3 is 5.32 Å². The minimum Gasteiger partial charge on any atom is -0.316 e. The second kappa shape index (κ2) is 4.93. The molecule has 0 spiro atoms. The molecule has 1 aromatic carbocycles. The van der Waals surface area contributed by atoms with E-state index in [-0.39, 0.29) is 5.82 Å². The van der Waals surface area contributed by atoms with Gasteiger partial charge in [-0.2, -0.15) is 0 Å². The van der Waals surface area contributed by atoms with Gasteiger partial charge in [0.2, 0.25) is 0 Å². The fourth-order valence-electron chi connectivity index (χ4n) is 2.29. The van der Waals surface area contributed by atoms with Gasteiger partial charge in [0.1, 0.15) is 5.82 Å². The van der Waals surface area contributed by atoms with E-state index in [0.29, 0.717) is 6.04 Å². The summed E-state index contributed by atoms with van der Waals surface area (Å²) < 4.78 is 13.0. The molecule has 0 saturated carbocycles. The standard InChI is InChI=1S/C13H19FN2/c1-10-7-12(14)4-3-11(10)8-16-6-5-13(9-16)15-2/h3-4,7,13,15H,5-6,8-9H2,1-2H3. The number of likely N-dealkylation sites (tertiary alicyclic amines) is 1. The van der Waals surface area contributed by atoms with E-state index in [0.717, 1.165) is 25.2 Å². The molecule has 0 bridgehead atoms. The predicted molar refractivity (Wildman–Crippen MR) is 63.9 cm³/mol. The number of hydrogen-bond acceptors (Lipinski definition) is 2. The lowest BCUT2D eigenvalue weighted by Crippen LogP contribution is -2.29. The van der Waals surface area contributed by atoms with Crippen LogP contribution in [0.2, 0.25) is 0 Å². The monoisotopic (exact) mass is 222 g/mol. The maximum Gasteiger partial charge on any atom is 0.123 e. The molecule has 2 rings (SSSR count). The Morgan fingerprint density at radius 1 is 1.50 bits per heavy atom. The molecule has 1 atom stereocenters. The second-order valence-corrected chi connectivity index (χ2v) is 4.58. The van der Waals surface area contributed by atoms with E-state index in [4.69, 9.17) is 0 Å². The summed E-state index contributed by atoms with van der Waals surface area (Å²) in [7, 11) is 2.01. The van der Waals surface area contributed by atoms with Crippen LogP contribution in [-0.4, -0.2) is 31.1 Å². The number of likely N-dealkylation sites (N-methyl/N-ethyl adjacent to an activating group) is 1. The summed E-state index contributed by atoms with van der Waals surface area (Å²) in [6.45, 7) is 5.13. The summed E-state index contributed by atoms with van der Waals surface area (Å²) >= 11 is 0. The zero-order chi connectivity index (χ0) is 11.5. The third-order valence-electron chi connectivity index (χ3n) is 3.38. The third kappa shape index (κ3) is 2.60. The van der Waals surface area contributed by atoms with E-state index in [1.165, 1.54) is 12.0 Å². The summed E-state index contributed by atoms with van der Waals surface area (Å²) in [5, 5.41) is 3.30. The summed E-state index contributed by atoms with van der Waals surface area (Å²) in [6, 6.07) is 5.67. The molecule has 2 nitrogen and oxygen atoms in total. The van der Waals surface area contributed by atoms with Crippen molar-refractivity contribution in [3.05, 3.63) is 35.1 Å². The Morgan fingerprint density at radius 3 is 2.94 bits per heavy atom. The molecule has 1 unspecified atom stereocenters. The smallest absolute Gasteiger partial charge is 0.123 e. The maximum absolute atomic E-state index is 13.0. The summed E-state index contributed by atoms with van der Waals surface area (Å²) in [5.74, 6) is -0.143. The van der Waals surface area contributed by atoms with Gasteiger partial charge in [-0.05, 0) is 43.7 Å². The highest BCUT2D eigenvalue weighted by Gasteiger charge is 2.21. The Morgan fingerprint density at radius 2 is 2.31 bits per heavy atom. The molecule has 1 saturated heterocycles. The van der Waals surface area contributed by atoms with E-state index in [2.05, 4.69) is 10.2 Å². The van der Waals surface area contributed by atoms with E-state index >= 15 is 0 Å². The summed E-state index contributed by atoms with van der Waals surface area (Å²) in [5.41, 5.74) is 2.28. The molecule has 1 aliphatic rings. The van der Waals surface area contributed by atoms with Gasteiger partial charge in [-0.1, -0.05) is 6.07 Å². The number of benzene rings is 1. The molecule has 88 valence electrons. The van der Waals surface area contributed by atoms with Crippen molar-refractivity contribution in [2.75, 3.05) is 20.1 Å². The first-order valence-corrected chi connectivity index (χ1v) is 5.83. The molecule has 1 fully saturated rings. The van der Waals surface area contributed by atoms with Gasteiger partial charge in [0.25, 0.3) is 0 Å². The van der Waals surface area contributed by atoms with Gasteiger partial charge in [0.15, 0.2) is 0 Å². The largest absolute Gasteiger partial charge is 0.316 e. The molecular weight excluding hydrogens is 203 g/mol. The summed E-state index contributed by atoms with van der Waals surface area (Å²) in [4.78, 5) is 2.42. The van der Waals surface area contributed by atoms with Crippen LogP contribution >= 0.6 is 0 Å². The maximum atomic E-state index is 13.0. The van der Waals surface area contributed by atoms with Crippen LogP contribution in [0.1, 0.15) is 17.5 Å². The van der Waals surface area contributed by atoms with Gasteiger partial charge >= 0.3 is 0 Å². The van der Waals surface area contributed by atoms with Gasteiger partial charge in [0.05, 0.1) is 0 Å². The average Bonchev–Trinajstić information content (AvgIpc) is 2.70. The van der Waals surface area contributed by atoms with Crippen LogP contribution in [0.3, 0.4) is 0 Å². The van der Waals surface area contributed by atoms with Crippen molar-refractivity contribution < 1.29 is 4.39 Å². The van der Waals surface area contributed by atoms with E-state index in [1.807, 2.05) is 20.0 Å². The number of hydrogen-bond donors (Lipinski definition) is 1. The molecule has 0 aromatic heterocycles. The van der Waals surface area contributed by atoms with Crippen molar-refractivity contribution in [1.82, 2.24) is 10.2 Å². The van der Waals surface area contributed by atoms with Gasteiger partial charge in [0, 0.05) is 25.7 Å². The Balaban J connectivity index is 1.99. The molecule has 0 aliphatic carbocycles. The first-order chi connectivity index (χ1) is 7.69. The van der Waals surface area contributed by atoms with Gasteiger partial charge in [-0.25, -0.2) is 4.39 Å². The van der Waals surface area contributed by atoms with Crippen molar-refractivity contribution in [1.29, 1.82) is 0 Å². The van der Waals surface area contributed by atoms with Crippen LogP contribution in [0.15, 0.2) is 18.2 Å². The van der Waals surface area contributed by atoms with Crippen LogP contribution in [-0.2, 0) is 6.54 Å². The minimum absolute atomic E-state index is 0.143. The van der Waals surface area contributed by atoms with Crippen molar-refractivity contribution in [3.63, 3.8) is 0 Å². The van der Waals surface area contributed by atoms with Crippen molar-refractivity contribution in [3.8, 4) is 0 Å². The first-order valence-electron chi connectivity index (χ1n) is 5.83. The summed E-state index contributed by atoms with van der Waals surface area (Å²) in [6.07, 6.45) is 1.21. The fourth-order valence-corrected chi connectivity index (χ4v) is 2.29. The number of nitrogens with zero attached hydrogens (tertiary/aromatic N) is 1. The number of halogens is 1. The minimum atomic E-state index is -0.143. The lowest BCUT2D eigenvalue weighted by atomic mass is 10.1. The van der Waals surface area contributed by atoms with Crippen LogP contribution in [0, 0.1) is 12.7 Å². The number of rotatable bonds is 3. The molecule has 0 amide bonds. The van der Waals surface area contributed by atoms with E-state index in [1.54, 1.807) is 12.1 Å². The average molecular weight is 222 g/mol. The van der Waals surface area contributed by atoms with Crippen LogP contribution in [0.25, 0.3) is 0 Å². The molecule has 1 N–H and O–H groups in total. The molecule has 1 aromatic rings. The number of aryl methyl sites for hydroxylation is 1. The van der Waals surface area contributed by atoms with Crippen LogP contribution in [0.5, 0.6) is 0 Å². The lowest BCUT2D eigenvalue weighted by Gasteiger charge is -2.17. The van der Waals surface area contributed by atoms with Crippen LogP contribution < -0.4 is 5.32 Å². The van der Waals surface area contributed by atoms with Crippen molar-refractivity contribution >= 4 is 0 Å². The Bertz CT molecular complexity index is 365. The third-order valence-corrected chi connectivity index (χ3v) is 3.38. The van der Waals surface area contributed by atoms with Crippen molar-refractivity contribution in [2.24, 2.45) is 0 Å². The molecule has 1 aliphatic heterocycles. The SMILES string of the molecule is CNC1CCN(Cc2ccc(F)cc2C)C1. The molecule has 16 heavy (non-hydrogen) atoms. The highest BCUT2D eigenvalue weighted by Crippen LogP contribution is 2.16. The quantitative estimate of drug-likeness (QED) is 0.840. The number of nitrogens with one attached hydrogen (secondary N) is 1. The predicted octanol–water partition coefficient (Wildman–Crippen LogP) is 1.93. The topological polar surface area (TPSA) is 15.3 Å². The van der Waals surface area contributed by atoms with Gasteiger partial charge in [-0.15, -0.1) is 0 Å². The fraction of sp³-hybridized carbons (Fsp3) is 0.538. The molecule has 1 heterocycles. The van der Waals surface area contributed by atoms with E-state index < -0.39 is 0 Å². The normalized spacial score (nSPS) is 21.6. The molecule has 3 heteroatoms. The highest BCUT2D eigenvalue weighted by molar-refractivity contribution is 5.26. The van der Waals surface area contributed by atoms with E-state index in [9.17, 15) is 4.39 Å². The van der Waals surface area contributed by atoms with Crippen molar-refractivity contribution in [2.45, 2.75) is 25.9 Å². The Labute approximate surface area is 96.5 Å². The Hall–Kier alpha value is -0.930. The van der Waals surface area contributed by atoms with Crippen LogP contribution in [0.4, 0.5) is 4.39 Å². The lowest BCUT2D eigenvalue weighted by molar-refractivity contribution is 0.321. The molecular formula is C13H19FN2. The van der Waals surface area contributed by atoms with Gasteiger partial charge in [-0.3, -0.25) is 4.90 Å².